The van der Waals surface area contributed by atoms with Gasteiger partial charge in [-0.3, -0.25) is 14.6 Å². The third-order valence-electron chi connectivity index (χ3n) is 5.22. The second-order valence-corrected chi connectivity index (χ2v) is 7.35. The Balaban J connectivity index is 1.74. The average molecular weight is 380 g/mol. The van der Waals surface area contributed by atoms with Crippen molar-refractivity contribution >= 4 is 11.8 Å². The highest BCUT2D eigenvalue weighted by atomic mass is 16.2. The second-order valence-electron chi connectivity index (χ2n) is 7.35. The number of nitrogens with zero attached hydrogens (tertiary/aromatic N) is 2. The van der Waals surface area contributed by atoms with Gasteiger partial charge in [0.15, 0.2) is 0 Å². The fourth-order valence-electron chi connectivity index (χ4n) is 3.59. The summed E-state index contributed by atoms with van der Waals surface area (Å²) in [6.45, 7) is 3.67. The normalized spacial score (nSPS) is 17.1. The van der Waals surface area contributed by atoms with E-state index in [0.29, 0.717) is 24.8 Å². The molecule has 1 fully saturated rings. The van der Waals surface area contributed by atoms with Gasteiger partial charge in [-0.05, 0) is 49.7 Å². The summed E-state index contributed by atoms with van der Waals surface area (Å²) in [6, 6.07) is 11.9. The quantitative estimate of drug-likeness (QED) is 0.808. The van der Waals surface area contributed by atoms with Crippen LogP contribution in [0, 0.1) is 0 Å². The zero-order valence-corrected chi connectivity index (χ0v) is 16.6. The van der Waals surface area contributed by atoms with Crippen LogP contribution in [0.4, 0.5) is 0 Å². The molecule has 2 amide bonds. The van der Waals surface area contributed by atoms with Gasteiger partial charge >= 0.3 is 0 Å². The maximum absolute atomic E-state index is 12.8. The lowest BCUT2D eigenvalue weighted by molar-refractivity contribution is -0.119. The first-order valence-corrected chi connectivity index (χ1v) is 9.82. The Morgan fingerprint density at radius 2 is 2.04 bits per heavy atom. The SMILES string of the molecule is CC(=O)NCc1cccc(-c2cccnc2C(=O)NC[C@@H]2CCCCN2C)c1. The minimum absolute atomic E-state index is 0.0699. The molecule has 6 heteroatoms. The highest BCUT2D eigenvalue weighted by molar-refractivity contribution is 5.99. The van der Waals surface area contributed by atoms with Crippen LogP contribution in [0.3, 0.4) is 0 Å². The number of hydrogen-bond acceptors (Lipinski definition) is 4. The Morgan fingerprint density at radius 3 is 2.82 bits per heavy atom. The van der Waals surface area contributed by atoms with Crippen molar-refractivity contribution in [3.8, 4) is 11.1 Å². The lowest BCUT2D eigenvalue weighted by Gasteiger charge is -2.32. The zero-order chi connectivity index (χ0) is 19.9. The predicted molar refractivity (Wildman–Crippen MR) is 110 cm³/mol. The van der Waals surface area contributed by atoms with Crippen molar-refractivity contribution in [3.05, 3.63) is 53.9 Å². The summed E-state index contributed by atoms with van der Waals surface area (Å²) in [4.78, 5) is 30.7. The number of aromatic nitrogens is 1. The summed E-state index contributed by atoms with van der Waals surface area (Å²) in [7, 11) is 2.11. The van der Waals surface area contributed by atoms with E-state index in [0.717, 1.165) is 29.7 Å². The lowest BCUT2D eigenvalue weighted by Crippen LogP contribution is -2.44. The van der Waals surface area contributed by atoms with Gasteiger partial charge in [0.2, 0.25) is 5.91 Å². The van der Waals surface area contributed by atoms with Crippen molar-refractivity contribution in [2.45, 2.75) is 38.8 Å². The van der Waals surface area contributed by atoms with Gasteiger partial charge in [0.1, 0.15) is 5.69 Å². The predicted octanol–water partition coefficient (Wildman–Crippen LogP) is 2.60. The molecule has 1 aromatic carbocycles. The third-order valence-corrected chi connectivity index (χ3v) is 5.22. The van der Waals surface area contributed by atoms with Crippen LogP contribution in [0.5, 0.6) is 0 Å². The van der Waals surface area contributed by atoms with E-state index in [2.05, 4.69) is 27.6 Å². The molecule has 1 atom stereocenters. The number of likely N-dealkylation sites (N-methyl/N-ethyl adjacent to an activating group) is 1. The summed E-state index contributed by atoms with van der Waals surface area (Å²) in [5.74, 6) is -0.221. The summed E-state index contributed by atoms with van der Waals surface area (Å²) in [6.07, 6.45) is 5.18. The maximum Gasteiger partial charge on any atom is 0.270 e. The van der Waals surface area contributed by atoms with E-state index in [9.17, 15) is 9.59 Å². The van der Waals surface area contributed by atoms with E-state index in [4.69, 9.17) is 0 Å². The minimum atomic E-state index is -0.151. The molecule has 1 saturated heterocycles. The standard InChI is InChI=1S/C22H28N4O2/c1-16(27)24-14-17-7-5-8-18(13-17)20-10-6-11-23-21(20)22(28)25-15-19-9-3-4-12-26(19)2/h5-8,10-11,13,19H,3-4,9,12,14-15H2,1-2H3,(H,24,27)(H,25,28)/t19-/m0/s1. The largest absolute Gasteiger partial charge is 0.352 e. The van der Waals surface area contributed by atoms with Crippen LogP contribution < -0.4 is 10.6 Å². The molecule has 2 N–H and O–H groups in total. The van der Waals surface area contributed by atoms with Crippen molar-refractivity contribution < 1.29 is 9.59 Å². The Labute approximate surface area is 166 Å². The number of hydrogen-bond donors (Lipinski definition) is 2. The summed E-state index contributed by atoms with van der Waals surface area (Å²) >= 11 is 0. The van der Waals surface area contributed by atoms with Crippen LogP contribution in [0.15, 0.2) is 42.6 Å². The van der Waals surface area contributed by atoms with Gasteiger partial charge in [0.05, 0.1) is 0 Å². The number of amides is 2. The molecule has 0 radical (unpaired) electrons. The second kappa shape index (κ2) is 9.46. The van der Waals surface area contributed by atoms with Gasteiger partial charge in [-0.1, -0.05) is 30.7 Å². The molecule has 148 valence electrons. The lowest BCUT2D eigenvalue weighted by atomic mass is 10.0. The average Bonchev–Trinajstić information content (AvgIpc) is 2.71. The highest BCUT2D eigenvalue weighted by Crippen LogP contribution is 2.23. The molecule has 2 aromatic rings. The number of piperidine rings is 1. The molecular weight excluding hydrogens is 352 g/mol. The summed E-state index contributed by atoms with van der Waals surface area (Å²) < 4.78 is 0. The topological polar surface area (TPSA) is 74.3 Å². The minimum Gasteiger partial charge on any atom is -0.352 e. The van der Waals surface area contributed by atoms with Crippen LogP contribution in [0.2, 0.25) is 0 Å². The highest BCUT2D eigenvalue weighted by Gasteiger charge is 2.21. The van der Waals surface area contributed by atoms with Gasteiger partial charge in [0, 0.05) is 37.8 Å². The van der Waals surface area contributed by atoms with Crippen LogP contribution >= 0.6 is 0 Å². The molecule has 0 bridgehead atoms. The van der Waals surface area contributed by atoms with E-state index in [1.807, 2.05) is 36.4 Å². The monoisotopic (exact) mass is 380 g/mol. The number of nitrogens with one attached hydrogen (secondary N) is 2. The van der Waals surface area contributed by atoms with E-state index in [1.165, 1.54) is 19.8 Å². The van der Waals surface area contributed by atoms with Gasteiger partial charge in [-0.2, -0.15) is 0 Å². The Bertz CT molecular complexity index is 837. The molecule has 6 nitrogen and oxygen atoms in total. The number of rotatable bonds is 6. The van der Waals surface area contributed by atoms with Crippen LogP contribution in [0.25, 0.3) is 11.1 Å². The summed E-state index contributed by atoms with van der Waals surface area (Å²) in [5, 5.41) is 5.86. The van der Waals surface area contributed by atoms with Crippen molar-refractivity contribution in [3.63, 3.8) is 0 Å². The molecule has 1 aliphatic rings. The first-order valence-electron chi connectivity index (χ1n) is 9.82. The molecule has 3 rings (SSSR count). The number of carbonyl (C=O) groups is 2. The Hall–Kier alpha value is -2.73. The van der Waals surface area contributed by atoms with Gasteiger partial charge in [0.25, 0.3) is 5.91 Å². The molecule has 0 spiro atoms. The van der Waals surface area contributed by atoms with Crippen molar-refractivity contribution in [2.24, 2.45) is 0 Å². The van der Waals surface area contributed by atoms with Gasteiger partial charge in [-0.15, -0.1) is 0 Å². The van der Waals surface area contributed by atoms with Crippen molar-refractivity contribution in [1.29, 1.82) is 0 Å². The number of carbonyl (C=O) groups excluding carboxylic acids is 2. The molecular formula is C22H28N4O2. The van der Waals surface area contributed by atoms with E-state index in [1.54, 1.807) is 6.20 Å². The molecule has 2 heterocycles. The number of likely N-dealkylation sites (tertiary alicyclic amines) is 1. The Morgan fingerprint density at radius 1 is 1.18 bits per heavy atom. The first kappa shape index (κ1) is 20.0. The van der Waals surface area contributed by atoms with Crippen molar-refractivity contribution in [2.75, 3.05) is 20.1 Å². The molecule has 1 aliphatic heterocycles. The molecule has 1 aromatic heterocycles. The smallest absolute Gasteiger partial charge is 0.270 e. The fourth-order valence-corrected chi connectivity index (χ4v) is 3.59. The van der Waals surface area contributed by atoms with E-state index >= 15 is 0 Å². The molecule has 0 saturated carbocycles. The van der Waals surface area contributed by atoms with Gasteiger partial charge in [-0.25, -0.2) is 0 Å². The zero-order valence-electron chi connectivity index (χ0n) is 16.6. The van der Waals surface area contributed by atoms with E-state index < -0.39 is 0 Å². The first-order chi connectivity index (χ1) is 13.5. The molecule has 28 heavy (non-hydrogen) atoms. The van der Waals surface area contributed by atoms with Crippen molar-refractivity contribution in [1.82, 2.24) is 20.5 Å². The van der Waals surface area contributed by atoms with Crippen LogP contribution in [0.1, 0.15) is 42.2 Å². The van der Waals surface area contributed by atoms with Gasteiger partial charge < -0.3 is 15.5 Å². The summed E-state index contributed by atoms with van der Waals surface area (Å²) in [5.41, 5.74) is 3.11. The fraction of sp³-hybridized carbons (Fsp3) is 0.409. The molecule has 0 aliphatic carbocycles. The van der Waals surface area contributed by atoms with Crippen LogP contribution in [-0.2, 0) is 11.3 Å². The maximum atomic E-state index is 12.8. The number of benzene rings is 1. The third kappa shape index (κ3) is 5.16. The molecule has 0 unspecified atom stereocenters. The Kier molecular flexibility index (Phi) is 6.76. The van der Waals surface area contributed by atoms with Crippen LogP contribution in [-0.4, -0.2) is 47.9 Å². The number of pyridine rings is 1. The van der Waals surface area contributed by atoms with E-state index in [-0.39, 0.29) is 11.8 Å².